The lowest BCUT2D eigenvalue weighted by molar-refractivity contribution is -0.134. The van der Waals surface area contributed by atoms with E-state index in [0.29, 0.717) is 29.8 Å². The van der Waals surface area contributed by atoms with E-state index < -0.39 is 27.0 Å². The van der Waals surface area contributed by atoms with E-state index in [2.05, 4.69) is 11.8 Å². The molecule has 0 saturated heterocycles. The van der Waals surface area contributed by atoms with Gasteiger partial charge in [0.05, 0.1) is 21.2 Å². The van der Waals surface area contributed by atoms with Crippen LogP contribution < -0.4 is 9.64 Å². The molecule has 6 nitrogen and oxygen atoms in total. The number of halogens is 1. The molecule has 184 valence electrons. The zero-order valence-corrected chi connectivity index (χ0v) is 21.2. The number of nitrogens with zero attached hydrogens (tertiary/aromatic N) is 1. The summed E-state index contributed by atoms with van der Waals surface area (Å²) in [6.07, 6.45) is 5.65. The Labute approximate surface area is 204 Å². The van der Waals surface area contributed by atoms with E-state index in [0.717, 1.165) is 24.9 Å². The summed E-state index contributed by atoms with van der Waals surface area (Å²) >= 11 is 1.31. The molecule has 0 radical (unpaired) electrons. The van der Waals surface area contributed by atoms with Gasteiger partial charge in [-0.3, -0.25) is 0 Å². The molecular weight excluding hydrogens is 477 g/mol. The molecule has 2 aromatic rings. The molecule has 1 aliphatic heterocycles. The SMILES string of the molecule is CCCCC1(CC)CN(c2ccccc2)c2cc(SC)c(O/C=C(\F)C(=O)O)cc2S(=O)(=O)C1. The molecule has 1 heterocycles. The van der Waals surface area contributed by atoms with Crippen LogP contribution in [0.15, 0.2) is 64.3 Å². The van der Waals surface area contributed by atoms with Crippen molar-refractivity contribution in [2.24, 2.45) is 5.41 Å². The number of hydrogen-bond acceptors (Lipinski definition) is 6. The van der Waals surface area contributed by atoms with Crippen molar-refractivity contribution in [3.8, 4) is 5.75 Å². The second-order valence-corrected chi connectivity index (χ2v) is 11.3. The minimum absolute atomic E-state index is 0.00971. The Balaban J connectivity index is 2.23. The van der Waals surface area contributed by atoms with Crippen LogP contribution in [0.5, 0.6) is 5.75 Å². The third-order valence-electron chi connectivity index (χ3n) is 6.23. The van der Waals surface area contributed by atoms with Crippen molar-refractivity contribution >= 4 is 38.9 Å². The summed E-state index contributed by atoms with van der Waals surface area (Å²) in [5, 5.41) is 8.78. The van der Waals surface area contributed by atoms with Gasteiger partial charge in [-0.05, 0) is 37.3 Å². The maximum absolute atomic E-state index is 13.7. The largest absolute Gasteiger partial charge is 0.476 e. The maximum atomic E-state index is 13.7. The van der Waals surface area contributed by atoms with Gasteiger partial charge in [-0.2, -0.15) is 4.39 Å². The molecule has 2 aromatic carbocycles. The van der Waals surface area contributed by atoms with E-state index in [-0.39, 0.29) is 16.4 Å². The number of rotatable bonds is 9. The molecule has 0 bridgehead atoms. The summed E-state index contributed by atoms with van der Waals surface area (Å²) in [6, 6.07) is 12.8. The lowest BCUT2D eigenvalue weighted by atomic mass is 9.81. The molecule has 1 N–H and O–H groups in total. The van der Waals surface area contributed by atoms with Crippen LogP contribution in [0.2, 0.25) is 0 Å². The zero-order valence-electron chi connectivity index (χ0n) is 19.6. The first-order chi connectivity index (χ1) is 16.2. The highest BCUT2D eigenvalue weighted by Crippen LogP contribution is 2.47. The highest BCUT2D eigenvalue weighted by molar-refractivity contribution is 7.98. The van der Waals surface area contributed by atoms with Crippen LogP contribution in [-0.4, -0.2) is 38.0 Å². The first-order valence-electron chi connectivity index (χ1n) is 11.2. The fourth-order valence-corrected chi connectivity index (χ4v) is 7.00. The Kier molecular flexibility index (Phi) is 8.30. The van der Waals surface area contributed by atoms with Crippen molar-refractivity contribution in [3.63, 3.8) is 0 Å². The van der Waals surface area contributed by atoms with Gasteiger partial charge in [0.15, 0.2) is 9.84 Å². The fourth-order valence-electron chi connectivity index (χ4n) is 4.29. The number of thioether (sulfide) groups is 1. The topological polar surface area (TPSA) is 83.9 Å². The maximum Gasteiger partial charge on any atom is 0.368 e. The lowest BCUT2D eigenvalue weighted by Gasteiger charge is -2.36. The summed E-state index contributed by atoms with van der Waals surface area (Å²) in [4.78, 5) is 13.5. The predicted molar refractivity (Wildman–Crippen MR) is 133 cm³/mol. The molecule has 34 heavy (non-hydrogen) atoms. The molecule has 1 aliphatic rings. The van der Waals surface area contributed by atoms with Crippen molar-refractivity contribution in [3.05, 3.63) is 54.6 Å². The minimum atomic E-state index is -3.73. The Hall–Kier alpha value is -2.52. The standard InChI is InChI=1S/C25H30FNO5S2/c1-4-6-12-25(5-2)16-27(18-10-8-7-9-11-18)20-13-22(33-3)21(32-15-19(26)24(28)29)14-23(20)34(30,31)17-25/h7-11,13-15H,4-6,12,16-17H2,1-3H3,(H,28,29)/b19-15-. The summed E-state index contributed by atoms with van der Waals surface area (Å²) < 4.78 is 46.3. The van der Waals surface area contributed by atoms with E-state index in [1.165, 1.54) is 17.8 Å². The van der Waals surface area contributed by atoms with E-state index in [9.17, 15) is 17.6 Å². The van der Waals surface area contributed by atoms with Crippen LogP contribution in [0.3, 0.4) is 0 Å². The van der Waals surface area contributed by atoms with Gasteiger partial charge in [0.1, 0.15) is 12.0 Å². The number of unbranched alkanes of at least 4 members (excludes halogenated alkanes) is 1. The third-order valence-corrected chi connectivity index (χ3v) is 8.98. The Morgan fingerprint density at radius 3 is 2.56 bits per heavy atom. The van der Waals surface area contributed by atoms with Crippen LogP contribution in [-0.2, 0) is 14.6 Å². The normalized spacial score (nSPS) is 19.9. The summed E-state index contributed by atoms with van der Waals surface area (Å²) in [7, 11) is -3.73. The number of carboxylic acids is 1. The summed E-state index contributed by atoms with van der Waals surface area (Å²) in [5.74, 6) is -3.14. The van der Waals surface area contributed by atoms with E-state index in [1.807, 2.05) is 37.3 Å². The Morgan fingerprint density at radius 1 is 1.26 bits per heavy atom. The number of carbonyl (C=O) groups is 1. The molecule has 0 spiro atoms. The zero-order chi connectivity index (χ0) is 24.9. The van der Waals surface area contributed by atoms with Crippen LogP contribution in [0.25, 0.3) is 0 Å². The lowest BCUT2D eigenvalue weighted by Crippen LogP contribution is -2.37. The van der Waals surface area contributed by atoms with E-state index >= 15 is 0 Å². The van der Waals surface area contributed by atoms with Gasteiger partial charge in [0, 0.05) is 23.7 Å². The predicted octanol–water partition coefficient (Wildman–Crippen LogP) is 6.19. The number of para-hydroxylation sites is 1. The van der Waals surface area contributed by atoms with Crippen LogP contribution in [0, 0.1) is 5.41 Å². The Bertz CT molecular complexity index is 1170. The monoisotopic (exact) mass is 507 g/mol. The highest BCUT2D eigenvalue weighted by Gasteiger charge is 2.41. The first-order valence-corrected chi connectivity index (χ1v) is 14.1. The fraction of sp³-hybridized carbons (Fsp3) is 0.400. The van der Waals surface area contributed by atoms with E-state index in [1.54, 1.807) is 12.3 Å². The molecule has 1 unspecified atom stereocenters. The summed E-state index contributed by atoms with van der Waals surface area (Å²) in [5.41, 5.74) is 0.977. The number of benzene rings is 2. The van der Waals surface area contributed by atoms with Crippen LogP contribution in [0.4, 0.5) is 15.8 Å². The van der Waals surface area contributed by atoms with Crippen molar-refractivity contribution in [1.29, 1.82) is 0 Å². The molecule has 9 heteroatoms. The Morgan fingerprint density at radius 2 is 1.97 bits per heavy atom. The third kappa shape index (κ3) is 5.58. The van der Waals surface area contributed by atoms with Crippen molar-refractivity contribution < 1.29 is 27.4 Å². The molecule has 0 amide bonds. The number of hydrogen-bond donors (Lipinski definition) is 1. The number of fused-ring (bicyclic) bond motifs is 1. The second-order valence-electron chi connectivity index (χ2n) is 8.50. The van der Waals surface area contributed by atoms with Gasteiger partial charge in [-0.15, -0.1) is 11.8 Å². The number of sulfone groups is 1. The molecule has 0 saturated carbocycles. The number of anilines is 2. The number of carboxylic acid groups (broad SMARTS) is 1. The van der Waals surface area contributed by atoms with Crippen LogP contribution >= 0.6 is 11.8 Å². The average molecular weight is 508 g/mol. The van der Waals surface area contributed by atoms with Gasteiger partial charge in [-0.1, -0.05) is 44.9 Å². The molecule has 0 fully saturated rings. The van der Waals surface area contributed by atoms with Crippen molar-refractivity contribution in [1.82, 2.24) is 0 Å². The first kappa shape index (κ1) is 26.1. The molecule has 0 aromatic heterocycles. The average Bonchev–Trinajstić information content (AvgIpc) is 2.93. The summed E-state index contributed by atoms with van der Waals surface area (Å²) in [6.45, 7) is 4.67. The van der Waals surface area contributed by atoms with Gasteiger partial charge in [-0.25, -0.2) is 13.2 Å². The number of ether oxygens (including phenoxy) is 1. The van der Waals surface area contributed by atoms with Crippen LogP contribution in [0.1, 0.15) is 39.5 Å². The molecule has 0 aliphatic carbocycles. The van der Waals surface area contributed by atoms with Gasteiger partial charge >= 0.3 is 5.97 Å². The van der Waals surface area contributed by atoms with Gasteiger partial charge < -0.3 is 14.7 Å². The smallest absolute Gasteiger partial charge is 0.368 e. The van der Waals surface area contributed by atoms with Crippen molar-refractivity contribution in [2.45, 2.75) is 49.3 Å². The quantitative estimate of drug-likeness (QED) is 0.246. The molecule has 1 atom stereocenters. The van der Waals surface area contributed by atoms with E-state index in [4.69, 9.17) is 9.84 Å². The number of aliphatic carboxylic acids is 1. The highest BCUT2D eigenvalue weighted by atomic mass is 32.2. The molecule has 3 rings (SSSR count). The molecular formula is C25H30FNO5S2. The van der Waals surface area contributed by atoms with Crippen molar-refractivity contribution in [2.75, 3.05) is 23.5 Å². The van der Waals surface area contributed by atoms with Gasteiger partial charge in [0.25, 0.3) is 0 Å². The van der Waals surface area contributed by atoms with Gasteiger partial charge in [0.2, 0.25) is 5.83 Å². The second kappa shape index (κ2) is 10.8. The minimum Gasteiger partial charge on any atom is -0.476 e.